The summed E-state index contributed by atoms with van der Waals surface area (Å²) in [5.41, 5.74) is 6.67. The van der Waals surface area contributed by atoms with Crippen molar-refractivity contribution in [1.82, 2.24) is 5.32 Å². The largest absolute Gasteiger partial charge is 0.353 e. The quantitative estimate of drug-likeness (QED) is 0.855. The number of benzene rings is 1. The smallest absolute Gasteiger partial charge is 0.229 e. The number of carbonyl (C=O) groups is 1. The van der Waals surface area contributed by atoms with Crippen LogP contribution in [0.3, 0.4) is 0 Å². The summed E-state index contributed by atoms with van der Waals surface area (Å²) in [6.07, 6.45) is 1.59. The lowest BCUT2D eigenvalue weighted by Gasteiger charge is -2.25. The fourth-order valence-electron chi connectivity index (χ4n) is 2.32. The molecule has 1 amide bonds. The fraction of sp³-hybridized carbons (Fsp3) is 0.500. The molecule has 19 heavy (non-hydrogen) atoms. The molecule has 1 aromatic rings. The van der Waals surface area contributed by atoms with Crippen molar-refractivity contribution in [3.05, 3.63) is 35.9 Å². The third-order valence-electron chi connectivity index (χ3n) is 3.49. The number of nitrogens with one attached hydrogen (secondary N) is 1. The number of hydrogen-bond acceptors (Lipinski definition) is 3. The molecule has 0 radical (unpaired) electrons. The van der Waals surface area contributed by atoms with E-state index in [2.05, 4.69) is 5.32 Å². The van der Waals surface area contributed by atoms with Crippen molar-refractivity contribution in [2.24, 2.45) is 5.73 Å². The van der Waals surface area contributed by atoms with Gasteiger partial charge in [-0.1, -0.05) is 30.3 Å². The molecule has 1 atom stereocenters. The minimum absolute atomic E-state index is 0.0219. The van der Waals surface area contributed by atoms with Crippen LogP contribution < -0.4 is 11.1 Å². The Balaban J connectivity index is 1.96. The van der Waals surface area contributed by atoms with Crippen LogP contribution in [0.1, 0.15) is 24.3 Å². The second-order valence-corrected chi connectivity index (χ2v) is 6.53. The molecular formula is C14H20N2O2S. The van der Waals surface area contributed by atoms with Gasteiger partial charge in [-0.05, 0) is 18.4 Å². The maximum atomic E-state index is 12.3. The van der Waals surface area contributed by atoms with Crippen molar-refractivity contribution in [3.8, 4) is 0 Å². The predicted octanol–water partition coefficient (Wildman–Crippen LogP) is 0.756. The first-order valence-electron chi connectivity index (χ1n) is 6.61. The molecule has 0 saturated carbocycles. The van der Waals surface area contributed by atoms with Crippen LogP contribution in [0.5, 0.6) is 0 Å². The minimum atomic E-state index is -0.700. The second-order valence-electron chi connectivity index (χ2n) is 4.83. The zero-order valence-corrected chi connectivity index (χ0v) is 11.7. The van der Waals surface area contributed by atoms with Gasteiger partial charge in [-0.3, -0.25) is 9.00 Å². The van der Waals surface area contributed by atoms with Gasteiger partial charge < -0.3 is 11.1 Å². The fourth-order valence-corrected chi connectivity index (χ4v) is 3.62. The van der Waals surface area contributed by atoms with Crippen LogP contribution in [0.15, 0.2) is 30.3 Å². The van der Waals surface area contributed by atoms with E-state index in [-0.39, 0.29) is 17.9 Å². The Hall–Kier alpha value is -1.20. The van der Waals surface area contributed by atoms with Crippen LogP contribution in [-0.4, -0.2) is 34.2 Å². The molecule has 4 nitrogen and oxygen atoms in total. The highest BCUT2D eigenvalue weighted by Gasteiger charge is 2.24. The minimum Gasteiger partial charge on any atom is -0.353 e. The van der Waals surface area contributed by atoms with Gasteiger partial charge in [-0.15, -0.1) is 0 Å². The summed E-state index contributed by atoms with van der Waals surface area (Å²) < 4.78 is 11.3. The highest BCUT2D eigenvalue weighted by atomic mass is 32.2. The highest BCUT2D eigenvalue weighted by Crippen LogP contribution is 2.16. The van der Waals surface area contributed by atoms with Crippen LogP contribution >= 0.6 is 0 Å². The van der Waals surface area contributed by atoms with Crippen LogP contribution in [0.2, 0.25) is 0 Å². The van der Waals surface area contributed by atoms with Gasteiger partial charge in [0.05, 0.1) is 5.92 Å². The van der Waals surface area contributed by atoms with Crippen LogP contribution in [-0.2, 0) is 15.6 Å². The molecule has 1 aliphatic rings. The number of amides is 1. The van der Waals surface area contributed by atoms with Crippen LogP contribution in [0.25, 0.3) is 0 Å². The summed E-state index contributed by atoms with van der Waals surface area (Å²) in [6, 6.07) is 9.73. The van der Waals surface area contributed by atoms with E-state index in [0.29, 0.717) is 18.1 Å². The van der Waals surface area contributed by atoms with Gasteiger partial charge in [0.25, 0.3) is 0 Å². The third-order valence-corrected chi connectivity index (χ3v) is 4.87. The molecule has 1 saturated heterocycles. The molecule has 0 bridgehead atoms. The maximum absolute atomic E-state index is 12.3. The maximum Gasteiger partial charge on any atom is 0.229 e. The molecule has 1 aromatic carbocycles. The standard InChI is InChI=1S/C14H20N2O2S/c15-10-13(11-4-2-1-3-5-11)14(17)16-12-6-8-19(18)9-7-12/h1-5,12-13H,6-10,15H2,(H,16,17). The Kier molecular flexibility index (Phi) is 5.10. The number of rotatable bonds is 4. The Morgan fingerprint density at radius 3 is 2.53 bits per heavy atom. The van der Waals surface area contributed by atoms with Crippen LogP contribution in [0.4, 0.5) is 0 Å². The van der Waals surface area contributed by atoms with E-state index < -0.39 is 10.8 Å². The van der Waals surface area contributed by atoms with E-state index in [1.165, 1.54) is 0 Å². The monoisotopic (exact) mass is 280 g/mol. The molecule has 3 N–H and O–H groups in total. The molecular weight excluding hydrogens is 260 g/mol. The molecule has 104 valence electrons. The molecule has 0 aliphatic carbocycles. The van der Waals surface area contributed by atoms with E-state index >= 15 is 0 Å². The van der Waals surface area contributed by atoms with Crippen LogP contribution in [0, 0.1) is 0 Å². The SMILES string of the molecule is NCC(C(=O)NC1CCS(=O)CC1)c1ccccc1. The first-order chi connectivity index (χ1) is 9.20. The molecule has 1 aliphatic heterocycles. The Bertz CT molecular complexity index is 440. The van der Waals surface area contributed by atoms with E-state index in [1.807, 2.05) is 30.3 Å². The second kappa shape index (κ2) is 6.82. The van der Waals surface area contributed by atoms with Gasteiger partial charge in [-0.25, -0.2) is 0 Å². The third kappa shape index (κ3) is 3.88. The van der Waals surface area contributed by atoms with E-state index in [4.69, 9.17) is 5.73 Å². The lowest BCUT2D eigenvalue weighted by atomic mass is 9.97. The predicted molar refractivity (Wildman–Crippen MR) is 77.3 cm³/mol. The van der Waals surface area contributed by atoms with Crippen molar-refractivity contribution in [2.45, 2.75) is 24.8 Å². The number of nitrogens with two attached hydrogens (primary N) is 1. The van der Waals surface area contributed by atoms with Crippen molar-refractivity contribution >= 4 is 16.7 Å². The average molecular weight is 280 g/mol. The first-order valence-corrected chi connectivity index (χ1v) is 8.10. The van der Waals surface area contributed by atoms with Gasteiger partial charge >= 0.3 is 0 Å². The van der Waals surface area contributed by atoms with Gasteiger partial charge in [0.1, 0.15) is 0 Å². The van der Waals surface area contributed by atoms with E-state index in [9.17, 15) is 9.00 Å². The van der Waals surface area contributed by atoms with Gasteiger partial charge in [0.15, 0.2) is 0 Å². The van der Waals surface area contributed by atoms with E-state index in [0.717, 1.165) is 18.4 Å². The molecule has 1 unspecified atom stereocenters. The summed E-state index contributed by atoms with van der Waals surface area (Å²) in [5, 5.41) is 3.04. The Labute approximate surface area is 116 Å². The summed E-state index contributed by atoms with van der Waals surface area (Å²) in [7, 11) is -0.700. The summed E-state index contributed by atoms with van der Waals surface area (Å²) in [6.45, 7) is 0.300. The molecule has 1 fully saturated rings. The van der Waals surface area contributed by atoms with Crippen molar-refractivity contribution < 1.29 is 9.00 Å². The highest BCUT2D eigenvalue weighted by molar-refractivity contribution is 7.85. The molecule has 2 rings (SSSR count). The van der Waals surface area contributed by atoms with Crippen molar-refractivity contribution in [1.29, 1.82) is 0 Å². The number of hydrogen-bond donors (Lipinski definition) is 2. The van der Waals surface area contributed by atoms with Gasteiger partial charge in [0.2, 0.25) is 5.91 Å². The van der Waals surface area contributed by atoms with Gasteiger partial charge in [-0.2, -0.15) is 0 Å². The number of carbonyl (C=O) groups excluding carboxylic acids is 1. The Morgan fingerprint density at radius 2 is 1.95 bits per heavy atom. The first kappa shape index (κ1) is 14.2. The molecule has 5 heteroatoms. The summed E-state index contributed by atoms with van der Waals surface area (Å²) in [4.78, 5) is 12.3. The normalized spacial score (nSPS) is 24.7. The molecule has 0 aromatic heterocycles. The lowest BCUT2D eigenvalue weighted by molar-refractivity contribution is -0.123. The van der Waals surface area contributed by atoms with Crippen molar-refractivity contribution in [2.75, 3.05) is 18.1 Å². The molecule has 0 spiro atoms. The summed E-state index contributed by atoms with van der Waals surface area (Å²) in [5.74, 6) is 1.05. The van der Waals surface area contributed by atoms with Gasteiger partial charge in [0, 0.05) is 34.9 Å². The van der Waals surface area contributed by atoms with Crippen molar-refractivity contribution in [3.63, 3.8) is 0 Å². The average Bonchev–Trinajstić information content (AvgIpc) is 2.43. The van der Waals surface area contributed by atoms with E-state index in [1.54, 1.807) is 0 Å². The molecule has 1 heterocycles. The topological polar surface area (TPSA) is 72.2 Å². The zero-order chi connectivity index (χ0) is 13.7. The lowest BCUT2D eigenvalue weighted by Crippen LogP contribution is -2.43. The zero-order valence-electron chi connectivity index (χ0n) is 10.9. The summed E-state index contributed by atoms with van der Waals surface area (Å²) >= 11 is 0. The Morgan fingerprint density at radius 1 is 1.32 bits per heavy atom.